The van der Waals surface area contributed by atoms with E-state index in [0.29, 0.717) is 19.3 Å². The van der Waals surface area contributed by atoms with Gasteiger partial charge < -0.3 is 24.5 Å². The molecule has 0 aliphatic heterocycles. The Labute approximate surface area is 344 Å². The lowest BCUT2D eigenvalue weighted by atomic mass is 10.0. The Morgan fingerprint density at radius 3 is 1.81 bits per heavy atom. The number of nitrogens with two attached hydrogens (primary N) is 1. The Kier molecular flexibility index (Phi) is 31.6. The number of ketones is 1. The number of carbonyl (C=O) groups excluding carboxylic acids is 3. The summed E-state index contributed by atoms with van der Waals surface area (Å²) in [5, 5.41) is 0. The highest BCUT2D eigenvalue weighted by Gasteiger charge is 2.26. The predicted molar refractivity (Wildman–Crippen MR) is 228 cm³/mol. The SMILES string of the molecule is CCCCC/C=C\C=C\C(=O)CCCCCCCC(=O)O[C@H](COC(=O)CCCCCCCCCCc1oc(CCCCC)c(C)c1C)COP(=O)(O)OCCN. The van der Waals surface area contributed by atoms with Crippen molar-refractivity contribution >= 4 is 25.5 Å². The molecule has 0 spiro atoms. The van der Waals surface area contributed by atoms with Gasteiger partial charge in [-0.15, -0.1) is 0 Å². The highest BCUT2D eigenvalue weighted by atomic mass is 31.2. The van der Waals surface area contributed by atoms with Gasteiger partial charge in [-0.1, -0.05) is 116 Å². The van der Waals surface area contributed by atoms with Crippen LogP contribution in [0.5, 0.6) is 0 Å². The molecule has 0 amide bonds. The third-order valence-corrected chi connectivity index (χ3v) is 11.0. The van der Waals surface area contributed by atoms with E-state index < -0.39 is 32.5 Å². The zero-order valence-corrected chi connectivity index (χ0v) is 36.9. The van der Waals surface area contributed by atoms with Gasteiger partial charge in [0.2, 0.25) is 0 Å². The lowest BCUT2D eigenvalue weighted by molar-refractivity contribution is -0.161. The van der Waals surface area contributed by atoms with Gasteiger partial charge >= 0.3 is 19.8 Å². The minimum absolute atomic E-state index is 0.0279. The Hall–Kier alpha value is -2.56. The molecule has 57 heavy (non-hydrogen) atoms. The Balaban J connectivity index is 2.29. The molecule has 1 aromatic rings. The number of carbonyl (C=O) groups is 3. The summed E-state index contributed by atoms with van der Waals surface area (Å²) in [7, 11) is -4.42. The molecule has 0 saturated carbocycles. The molecule has 0 bridgehead atoms. The molecule has 0 radical (unpaired) electrons. The first-order valence-corrected chi connectivity index (χ1v) is 23.6. The molecule has 0 saturated heterocycles. The molecular formula is C45H78NO10P. The van der Waals surface area contributed by atoms with Crippen LogP contribution in [0.2, 0.25) is 0 Å². The maximum Gasteiger partial charge on any atom is 0.472 e. The number of phosphoric ester groups is 1. The zero-order valence-electron chi connectivity index (χ0n) is 36.0. The molecule has 0 aliphatic carbocycles. The Bertz CT molecular complexity index is 1320. The van der Waals surface area contributed by atoms with Crippen LogP contribution in [0.25, 0.3) is 0 Å². The molecule has 328 valence electrons. The van der Waals surface area contributed by atoms with Crippen molar-refractivity contribution < 1.29 is 46.8 Å². The highest BCUT2D eigenvalue weighted by molar-refractivity contribution is 7.47. The Morgan fingerprint density at radius 2 is 1.21 bits per heavy atom. The van der Waals surface area contributed by atoms with Crippen molar-refractivity contribution in [3.63, 3.8) is 0 Å². The van der Waals surface area contributed by atoms with Gasteiger partial charge in [-0.25, -0.2) is 4.57 Å². The number of furan rings is 1. The highest BCUT2D eigenvalue weighted by Crippen LogP contribution is 2.43. The number of rotatable bonds is 38. The van der Waals surface area contributed by atoms with Crippen LogP contribution in [0.1, 0.15) is 184 Å². The topological polar surface area (TPSA) is 165 Å². The van der Waals surface area contributed by atoms with Gasteiger partial charge in [-0.2, -0.15) is 0 Å². The molecule has 1 unspecified atom stereocenters. The zero-order chi connectivity index (χ0) is 42.0. The van der Waals surface area contributed by atoms with E-state index in [-0.39, 0.29) is 38.4 Å². The van der Waals surface area contributed by atoms with Gasteiger partial charge in [0, 0.05) is 38.6 Å². The summed E-state index contributed by atoms with van der Waals surface area (Å²) in [5.41, 5.74) is 7.99. The van der Waals surface area contributed by atoms with Crippen molar-refractivity contribution in [2.24, 2.45) is 5.73 Å². The van der Waals surface area contributed by atoms with Crippen LogP contribution in [-0.4, -0.2) is 55.1 Å². The lowest BCUT2D eigenvalue weighted by Crippen LogP contribution is -2.29. The summed E-state index contributed by atoms with van der Waals surface area (Å²) < 4.78 is 39.0. The van der Waals surface area contributed by atoms with Crippen molar-refractivity contribution in [1.29, 1.82) is 0 Å². The third-order valence-electron chi connectivity index (χ3n) is 10.0. The van der Waals surface area contributed by atoms with Gasteiger partial charge in [0.15, 0.2) is 11.9 Å². The van der Waals surface area contributed by atoms with E-state index in [4.69, 9.17) is 28.7 Å². The first-order chi connectivity index (χ1) is 27.5. The summed E-state index contributed by atoms with van der Waals surface area (Å²) in [6, 6.07) is 0. The molecule has 0 aromatic carbocycles. The van der Waals surface area contributed by atoms with E-state index in [1.54, 1.807) is 6.08 Å². The van der Waals surface area contributed by atoms with E-state index >= 15 is 0 Å². The molecule has 3 N–H and O–H groups in total. The minimum atomic E-state index is -4.42. The number of unbranched alkanes of at least 4 members (excludes halogenated alkanes) is 16. The summed E-state index contributed by atoms with van der Waals surface area (Å²) in [5.74, 6) is 1.49. The summed E-state index contributed by atoms with van der Waals surface area (Å²) in [6.07, 6.45) is 29.9. The fraction of sp³-hybridized carbons (Fsp3) is 0.756. The van der Waals surface area contributed by atoms with Gasteiger partial charge in [0.1, 0.15) is 18.1 Å². The smallest absolute Gasteiger partial charge is 0.466 e. The van der Waals surface area contributed by atoms with Crippen LogP contribution in [0, 0.1) is 13.8 Å². The molecule has 0 aliphatic rings. The molecule has 1 heterocycles. The Morgan fingerprint density at radius 1 is 0.684 bits per heavy atom. The van der Waals surface area contributed by atoms with E-state index in [1.165, 1.54) is 68.3 Å². The summed E-state index contributed by atoms with van der Waals surface area (Å²) in [6.45, 7) is 7.83. The number of ether oxygens (including phenoxy) is 2. The van der Waals surface area contributed by atoms with Crippen molar-refractivity contribution in [2.75, 3.05) is 26.4 Å². The number of hydrogen-bond donors (Lipinski definition) is 2. The van der Waals surface area contributed by atoms with E-state index in [0.717, 1.165) is 82.8 Å². The normalized spacial score (nSPS) is 13.4. The van der Waals surface area contributed by atoms with Crippen molar-refractivity contribution in [3.05, 3.63) is 47.0 Å². The van der Waals surface area contributed by atoms with Gasteiger partial charge in [-0.05, 0) is 76.0 Å². The first-order valence-electron chi connectivity index (χ1n) is 22.1. The standard InChI is InChI=1S/C45H78NO10P/c1-5-7-9-10-13-17-23-28-40(47)29-24-18-16-21-27-33-45(49)55-41(37-54-57(50,51)53-35-34-46)36-52-44(48)32-26-20-15-12-11-14-19-25-31-43-39(4)38(3)42(56-43)30-22-8-6-2/h13,17,23,28,41H,5-12,14-16,18-22,24-27,29-37,46H2,1-4H3,(H,50,51)/b17-13-,28-23+/t41-/m1/s1. The average molecular weight is 824 g/mol. The van der Waals surface area contributed by atoms with Gasteiger partial charge in [-0.3, -0.25) is 23.4 Å². The molecule has 0 fully saturated rings. The van der Waals surface area contributed by atoms with Gasteiger partial charge in [0.05, 0.1) is 13.2 Å². The molecular weight excluding hydrogens is 745 g/mol. The number of phosphoric acid groups is 1. The van der Waals surface area contributed by atoms with Crippen LogP contribution in [0.3, 0.4) is 0 Å². The lowest BCUT2D eigenvalue weighted by Gasteiger charge is -2.19. The molecule has 11 nitrogen and oxygen atoms in total. The van der Waals surface area contributed by atoms with Crippen LogP contribution in [-0.2, 0) is 50.3 Å². The fourth-order valence-electron chi connectivity index (χ4n) is 6.38. The maximum absolute atomic E-state index is 12.6. The number of hydrogen-bond acceptors (Lipinski definition) is 10. The second-order valence-corrected chi connectivity index (χ2v) is 16.6. The largest absolute Gasteiger partial charge is 0.472 e. The minimum Gasteiger partial charge on any atom is -0.466 e. The molecule has 1 rings (SSSR count). The predicted octanol–water partition coefficient (Wildman–Crippen LogP) is 11.2. The molecule has 12 heteroatoms. The molecule has 2 atom stereocenters. The van der Waals surface area contributed by atoms with Crippen LogP contribution < -0.4 is 5.73 Å². The van der Waals surface area contributed by atoms with E-state index in [2.05, 4.69) is 33.8 Å². The second kappa shape index (κ2) is 34.3. The van der Waals surface area contributed by atoms with E-state index in [1.807, 2.05) is 12.2 Å². The number of aryl methyl sites for hydroxylation is 2. The monoisotopic (exact) mass is 824 g/mol. The quantitative estimate of drug-likeness (QED) is 0.0214. The maximum atomic E-state index is 12.6. The number of allylic oxidation sites excluding steroid dienone is 4. The second-order valence-electron chi connectivity index (χ2n) is 15.2. The van der Waals surface area contributed by atoms with Crippen LogP contribution in [0.4, 0.5) is 0 Å². The van der Waals surface area contributed by atoms with Crippen molar-refractivity contribution in [1.82, 2.24) is 0 Å². The van der Waals surface area contributed by atoms with Crippen LogP contribution in [0.15, 0.2) is 28.7 Å². The third kappa shape index (κ3) is 28.5. The summed E-state index contributed by atoms with van der Waals surface area (Å²) in [4.78, 5) is 47.0. The summed E-state index contributed by atoms with van der Waals surface area (Å²) >= 11 is 0. The van der Waals surface area contributed by atoms with E-state index in [9.17, 15) is 23.8 Å². The molecule has 1 aromatic heterocycles. The number of esters is 2. The van der Waals surface area contributed by atoms with Crippen molar-refractivity contribution in [2.45, 2.75) is 194 Å². The van der Waals surface area contributed by atoms with Crippen LogP contribution >= 0.6 is 7.82 Å². The average Bonchev–Trinajstić information content (AvgIpc) is 3.45. The van der Waals surface area contributed by atoms with Crippen molar-refractivity contribution in [3.8, 4) is 0 Å². The first kappa shape index (κ1) is 52.5. The van der Waals surface area contributed by atoms with Gasteiger partial charge in [0.25, 0.3) is 0 Å². The fourth-order valence-corrected chi connectivity index (χ4v) is 7.15.